The third-order valence-electron chi connectivity index (χ3n) is 3.16. The molecule has 2 aromatic rings. The second-order valence-electron chi connectivity index (χ2n) is 4.21. The second-order valence-corrected chi connectivity index (χ2v) is 4.21. The quantitative estimate of drug-likeness (QED) is 0.824. The van der Waals surface area contributed by atoms with Crippen molar-refractivity contribution in [2.24, 2.45) is 5.73 Å². The van der Waals surface area contributed by atoms with Crippen LogP contribution in [-0.2, 0) is 11.3 Å². The molecule has 1 atom stereocenters. The number of hydrogen-bond donors (Lipinski definition) is 1. The maximum Gasteiger partial charge on any atom is 0.118 e. The Kier molecular flexibility index (Phi) is 2.38. The first-order valence-electron chi connectivity index (χ1n) is 5.62. The first kappa shape index (κ1) is 9.81. The van der Waals surface area contributed by atoms with Gasteiger partial charge in [0.2, 0.25) is 0 Å². The van der Waals surface area contributed by atoms with Gasteiger partial charge >= 0.3 is 0 Å². The van der Waals surface area contributed by atoms with Crippen LogP contribution >= 0.6 is 0 Å². The SMILES string of the molecule is NCc1ccn2c(C3CCOC3)ncc2c1. The van der Waals surface area contributed by atoms with Gasteiger partial charge in [-0.1, -0.05) is 0 Å². The summed E-state index contributed by atoms with van der Waals surface area (Å²) in [4.78, 5) is 4.49. The molecule has 1 fully saturated rings. The van der Waals surface area contributed by atoms with Gasteiger partial charge in [0.05, 0.1) is 18.3 Å². The number of ether oxygens (including phenoxy) is 1. The van der Waals surface area contributed by atoms with E-state index in [2.05, 4.69) is 21.6 Å². The Balaban J connectivity index is 2.06. The first-order valence-corrected chi connectivity index (χ1v) is 5.62. The van der Waals surface area contributed by atoms with Crippen LogP contribution in [0, 0.1) is 0 Å². The van der Waals surface area contributed by atoms with Crippen molar-refractivity contribution in [3.8, 4) is 0 Å². The minimum atomic E-state index is 0.436. The third kappa shape index (κ3) is 1.50. The van der Waals surface area contributed by atoms with Gasteiger partial charge in [0.15, 0.2) is 0 Å². The summed E-state index contributed by atoms with van der Waals surface area (Å²) >= 11 is 0. The molecule has 0 saturated carbocycles. The van der Waals surface area contributed by atoms with Crippen LogP contribution in [-0.4, -0.2) is 22.6 Å². The summed E-state index contributed by atoms with van der Waals surface area (Å²) in [5, 5.41) is 0. The van der Waals surface area contributed by atoms with Gasteiger partial charge in [0.1, 0.15) is 5.82 Å². The van der Waals surface area contributed by atoms with Crippen molar-refractivity contribution in [3.05, 3.63) is 35.9 Å². The summed E-state index contributed by atoms with van der Waals surface area (Å²) in [6, 6.07) is 4.14. The van der Waals surface area contributed by atoms with Crippen LogP contribution in [0.1, 0.15) is 23.7 Å². The van der Waals surface area contributed by atoms with Gasteiger partial charge in [0, 0.05) is 25.3 Å². The van der Waals surface area contributed by atoms with Gasteiger partial charge in [-0.25, -0.2) is 4.98 Å². The number of aromatic nitrogens is 2. The van der Waals surface area contributed by atoms with Gasteiger partial charge < -0.3 is 14.9 Å². The highest BCUT2D eigenvalue weighted by molar-refractivity contribution is 5.48. The van der Waals surface area contributed by atoms with Crippen molar-refractivity contribution in [2.45, 2.75) is 18.9 Å². The van der Waals surface area contributed by atoms with Crippen molar-refractivity contribution >= 4 is 5.52 Å². The molecule has 0 radical (unpaired) electrons. The van der Waals surface area contributed by atoms with Crippen molar-refractivity contribution in [3.63, 3.8) is 0 Å². The number of nitrogens with zero attached hydrogens (tertiary/aromatic N) is 2. The fourth-order valence-corrected chi connectivity index (χ4v) is 2.23. The van der Waals surface area contributed by atoms with Crippen LogP contribution in [0.5, 0.6) is 0 Å². The molecule has 16 heavy (non-hydrogen) atoms. The molecule has 0 amide bonds. The third-order valence-corrected chi connectivity index (χ3v) is 3.16. The molecule has 2 aromatic heterocycles. The summed E-state index contributed by atoms with van der Waals surface area (Å²) in [7, 11) is 0. The smallest absolute Gasteiger partial charge is 0.118 e. The summed E-state index contributed by atoms with van der Waals surface area (Å²) in [6.07, 6.45) is 5.03. The van der Waals surface area contributed by atoms with Crippen molar-refractivity contribution < 1.29 is 4.74 Å². The Bertz CT molecular complexity index is 500. The molecule has 4 heteroatoms. The lowest BCUT2D eigenvalue weighted by molar-refractivity contribution is 0.193. The van der Waals surface area contributed by atoms with E-state index in [1.54, 1.807) is 0 Å². The molecule has 1 saturated heterocycles. The molecule has 0 aromatic carbocycles. The van der Waals surface area contributed by atoms with Crippen molar-refractivity contribution in [1.29, 1.82) is 0 Å². The van der Waals surface area contributed by atoms with Gasteiger partial charge in [-0.05, 0) is 24.1 Å². The summed E-state index contributed by atoms with van der Waals surface area (Å²) in [5.41, 5.74) is 7.88. The summed E-state index contributed by atoms with van der Waals surface area (Å²) in [6.45, 7) is 2.21. The largest absolute Gasteiger partial charge is 0.381 e. The number of fused-ring (bicyclic) bond motifs is 1. The molecular formula is C12H15N3O. The molecule has 3 rings (SSSR count). The monoisotopic (exact) mass is 217 g/mol. The fourth-order valence-electron chi connectivity index (χ4n) is 2.23. The van der Waals surface area contributed by atoms with Crippen LogP contribution in [0.4, 0.5) is 0 Å². The molecule has 0 bridgehead atoms. The lowest BCUT2D eigenvalue weighted by atomic mass is 10.1. The Morgan fingerprint density at radius 2 is 2.50 bits per heavy atom. The normalized spacial score (nSPS) is 20.7. The maximum atomic E-state index is 5.62. The number of hydrogen-bond acceptors (Lipinski definition) is 3. The molecule has 4 nitrogen and oxygen atoms in total. The highest BCUT2D eigenvalue weighted by atomic mass is 16.5. The Morgan fingerprint density at radius 3 is 3.25 bits per heavy atom. The zero-order valence-corrected chi connectivity index (χ0v) is 9.10. The molecule has 1 aliphatic rings. The minimum absolute atomic E-state index is 0.436. The van der Waals surface area contributed by atoms with E-state index in [1.807, 2.05) is 12.3 Å². The number of pyridine rings is 1. The fraction of sp³-hybridized carbons (Fsp3) is 0.417. The maximum absolute atomic E-state index is 5.62. The Morgan fingerprint density at radius 1 is 1.56 bits per heavy atom. The average Bonchev–Trinajstić information content (AvgIpc) is 2.96. The van der Waals surface area contributed by atoms with E-state index in [0.717, 1.165) is 36.5 Å². The second kappa shape index (κ2) is 3.88. The highest BCUT2D eigenvalue weighted by Gasteiger charge is 2.21. The topological polar surface area (TPSA) is 52.5 Å². The van der Waals surface area contributed by atoms with E-state index >= 15 is 0 Å². The summed E-state index contributed by atoms with van der Waals surface area (Å²) in [5.74, 6) is 1.54. The van der Waals surface area contributed by atoms with E-state index in [-0.39, 0.29) is 0 Å². The molecule has 1 aliphatic heterocycles. The first-order chi connectivity index (χ1) is 7.88. The number of imidazole rings is 1. The molecule has 0 spiro atoms. The molecule has 84 valence electrons. The predicted octanol–water partition coefficient (Wildman–Crippen LogP) is 1.30. The van der Waals surface area contributed by atoms with E-state index in [4.69, 9.17) is 10.5 Å². The molecular weight excluding hydrogens is 202 g/mol. The van der Waals surface area contributed by atoms with Crippen LogP contribution < -0.4 is 5.73 Å². The lowest BCUT2D eigenvalue weighted by Gasteiger charge is -2.07. The van der Waals surface area contributed by atoms with Gasteiger partial charge in [-0.3, -0.25) is 0 Å². The Labute approximate surface area is 94.0 Å². The van der Waals surface area contributed by atoms with E-state index < -0.39 is 0 Å². The highest BCUT2D eigenvalue weighted by Crippen LogP contribution is 2.25. The van der Waals surface area contributed by atoms with Crippen LogP contribution in [0.3, 0.4) is 0 Å². The van der Waals surface area contributed by atoms with E-state index in [0.29, 0.717) is 12.5 Å². The average molecular weight is 217 g/mol. The molecule has 3 heterocycles. The van der Waals surface area contributed by atoms with Crippen molar-refractivity contribution in [2.75, 3.05) is 13.2 Å². The standard InChI is InChI=1S/C12H15N3O/c13-6-9-1-3-15-11(5-9)7-14-12(15)10-2-4-16-8-10/h1,3,5,7,10H,2,4,6,8,13H2. The van der Waals surface area contributed by atoms with E-state index in [1.165, 1.54) is 0 Å². The molecule has 2 N–H and O–H groups in total. The molecule has 0 aliphatic carbocycles. The van der Waals surface area contributed by atoms with Crippen molar-refractivity contribution in [1.82, 2.24) is 9.38 Å². The Hall–Kier alpha value is -1.39. The zero-order chi connectivity index (χ0) is 11.0. The van der Waals surface area contributed by atoms with Gasteiger partial charge in [0.25, 0.3) is 0 Å². The lowest BCUT2D eigenvalue weighted by Crippen LogP contribution is -2.04. The molecule has 1 unspecified atom stereocenters. The number of rotatable bonds is 2. The van der Waals surface area contributed by atoms with Gasteiger partial charge in [-0.15, -0.1) is 0 Å². The van der Waals surface area contributed by atoms with E-state index in [9.17, 15) is 0 Å². The van der Waals surface area contributed by atoms with Crippen LogP contribution in [0.2, 0.25) is 0 Å². The number of nitrogens with two attached hydrogens (primary N) is 1. The summed E-state index contributed by atoms with van der Waals surface area (Å²) < 4.78 is 7.54. The van der Waals surface area contributed by atoms with Crippen LogP contribution in [0.15, 0.2) is 24.5 Å². The zero-order valence-electron chi connectivity index (χ0n) is 9.10. The predicted molar refractivity (Wildman–Crippen MR) is 61.3 cm³/mol. The minimum Gasteiger partial charge on any atom is -0.381 e. The van der Waals surface area contributed by atoms with Crippen LogP contribution in [0.25, 0.3) is 5.52 Å². The van der Waals surface area contributed by atoms with Gasteiger partial charge in [-0.2, -0.15) is 0 Å².